The van der Waals surface area contributed by atoms with E-state index in [9.17, 15) is 0 Å². The van der Waals surface area contributed by atoms with Gasteiger partial charge in [-0.25, -0.2) is 0 Å². The zero-order chi connectivity index (χ0) is 16.7. The summed E-state index contributed by atoms with van der Waals surface area (Å²) in [5.74, 6) is 0. The van der Waals surface area contributed by atoms with Crippen LogP contribution < -0.4 is 5.46 Å². The molecule has 0 atom stereocenters. The molecule has 1 aromatic heterocycles. The number of hydrogen-bond donors (Lipinski definition) is 0. The third-order valence-electron chi connectivity index (χ3n) is 5.35. The molecular weight excluding hydrogens is 289 g/mol. The fourth-order valence-corrected chi connectivity index (χ4v) is 2.88. The van der Waals surface area contributed by atoms with Crippen LogP contribution >= 0.6 is 0 Å². The number of piperazine rings is 1. The molecule has 3 heterocycles. The molecule has 2 aliphatic rings. The molecule has 3 rings (SSSR count). The average Bonchev–Trinajstić information content (AvgIpc) is 2.71. The van der Waals surface area contributed by atoms with Crippen molar-refractivity contribution in [3.8, 4) is 0 Å². The van der Waals surface area contributed by atoms with Gasteiger partial charge in [-0.15, -0.1) is 0 Å². The van der Waals surface area contributed by atoms with Gasteiger partial charge in [0.25, 0.3) is 0 Å². The van der Waals surface area contributed by atoms with Crippen LogP contribution in [0, 0.1) is 0 Å². The lowest BCUT2D eigenvalue weighted by Gasteiger charge is -2.32. The topological polar surface area (TPSA) is 37.8 Å². The minimum atomic E-state index is -0.329. The van der Waals surface area contributed by atoms with Crippen molar-refractivity contribution in [2.24, 2.45) is 0 Å². The van der Waals surface area contributed by atoms with Crippen LogP contribution in [0.1, 0.15) is 33.4 Å². The molecule has 0 unspecified atom stereocenters. The van der Waals surface area contributed by atoms with E-state index in [1.165, 1.54) is 0 Å². The van der Waals surface area contributed by atoms with Crippen molar-refractivity contribution >= 4 is 12.6 Å². The number of aromatic nitrogens is 1. The second-order valence-electron chi connectivity index (χ2n) is 7.75. The van der Waals surface area contributed by atoms with Crippen molar-refractivity contribution in [1.82, 2.24) is 14.8 Å². The Hall–Kier alpha value is -0.945. The maximum atomic E-state index is 6.07. The van der Waals surface area contributed by atoms with E-state index in [4.69, 9.17) is 9.31 Å². The molecular formula is C17H28BN3O2. The summed E-state index contributed by atoms with van der Waals surface area (Å²) < 4.78 is 12.1. The molecule has 0 aromatic carbocycles. The van der Waals surface area contributed by atoms with Crippen LogP contribution in [-0.2, 0) is 15.9 Å². The Labute approximate surface area is 140 Å². The Morgan fingerprint density at radius 2 is 1.65 bits per heavy atom. The van der Waals surface area contributed by atoms with Crippen molar-refractivity contribution in [2.75, 3.05) is 33.2 Å². The highest BCUT2D eigenvalue weighted by atomic mass is 16.7. The third-order valence-corrected chi connectivity index (χ3v) is 5.35. The van der Waals surface area contributed by atoms with E-state index in [0.29, 0.717) is 0 Å². The number of pyridine rings is 1. The van der Waals surface area contributed by atoms with Gasteiger partial charge in [0, 0.05) is 44.4 Å². The number of hydrogen-bond acceptors (Lipinski definition) is 5. The number of nitrogens with zero attached hydrogens (tertiary/aromatic N) is 3. The van der Waals surface area contributed by atoms with E-state index in [1.54, 1.807) is 0 Å². The first kappa shape index (κ1) is 16.9. The lowest BCUT2D eigenvalue weighted by Crippen LogP contribution is -2.44. The fraction of sp³-hybridized carbons (Fsp3) is 0.706. The number of rotatable bonds is 3. The maximum Gasteiger partial charge on any atom is 0.496 e. The molecule has 0 bridgehead atoms. The summed E-state index contributed by atoms with van der Waals surface area (Å²) in [5.41, 5.74) is 1.48. The van der Waals surface area contributed by atoms with Gasteiger partial charge < -0.3 is 14.2 Å². The van der Waals surface area contributed by atoms with Crippen LogP contribution in [0.4, 0.5) is 0 Å². The number of likely N-dealkylation sites (N-methyl/N-ethyl adjacent to an activating group) is 1. The molecule has 0 N–H and O–H groups in total. The summed E-state index contributed by atoms with van der Waals surface area (Å²) in [7, 11) is 1.85. The first-order valence-corrected chi connectivity index (χ1v) is 8.48. The van der Waals surface area contributed by atoms with Crippen molar-refractivity contribution < 1.29 is 9.31 Å². The van der Waals surface area contributed by atoms with Gasteiger partial charge in [0.05, 0.1) is 16.9 Å². The van der Waals surface area contributed by atoms with Gasteiger partial charge in [-0.2, -0.15) is 0 Å². The second kappa shape index (κ2) is 6.17. The average molecular weight is 317 g/mol. The first-order chi connectivity index (χ1) is 10.8. The molecule has 0 aliphatic carbocycles. The van der Waals surface area contributed by atoms with E-state index in [0.717, 1.165) is 43.9 Å². The molecule has 0 spiro atoms. The largest absolute Gasteiger partial charge is 0.496 e. The van der Waals surface area contributed by atoms with E-state index >= 15 is 0 Å². The van der Waals surface area contributed by atoms with Gasteiger partial charge in [0.2, 0.25) is 0 Å². The second-order valence-corrected chi connectivity index (χ2v) is 7.75. The molecule has 0 saturated carbocycles. The summed E-state index contributed by atoms with van der Waals surface area (Å²) in [6, 6.07) is 4.18. The Balaban J connectivity index is 1.62. The van der Waals surface area contributed by atoms with Crippen molar-refractivity contribution in [2.45, 2.75) is 45.4 Å². The molecule has 5 nitrogen and oxygen atoms in total. The molecule has 2 aliphatic heterocycles. The molecule has 0 radical (unpaired) electrons. The van der Waals surface area contributed by atoms with Crippen LogP contribution in [0.5, 0.6) is 0 Å². The fourth-order valence-electron chi connectivity index (χ4n) is 2.88. The van der Waals surface area contributed by atoms with Crippen LogP contribution in [0.15, 0.2) is 18.3 Å². The van der Waals surface area contributed by atoms with E-state index in [-0.39, 0.29) is 18.3 Å². The molecule has 1 aromatic rings. The monoisotopic (exact) mass is 317 g/mol. The summed E-state index contributed by atoms with van der Waals surface area (Å²) in [4.78, 5) is 9.44. The third kappa shape index (κ3) is 3.60. The van der Waals surface area contributed by atoms with Crippen molar-refractivity contribution in [3.05, 3.63) is 24.0 Å². The lowest BCUT2D eigenvalue weighted by molar-refractivity contribution is 0.00578. The summed E-state index contributed by atoms with van der Waals surface area (Å²) in [6.07, 6.45) is 1.90. The predicted octanol–water partition coefficient (Wildman–Crippen LogP) is 1.13. The Morgan fingerprint density at radius 3 is 2.17 bits per heavy atom. The minimum absolute atomic E-state index is 0.309. The predicted molar refractivity (Wildman–Crippen MR) is 92.7 cm³/mol. The van der Waals surface area contributed by atoms with Crippen LogP contribution in [0.2, 0.25) is 0 Å². The summed E-state index contributed by atoms with van der Waals surface area (Å²) in [6.45, 7) is 13.7. The minimum Gasteiger partial charge on any atom is -0.399 e. The zero-order valence-corrected chi connectivity index (χ0v) is 15.0. The normalized spacial score (nSPS) is 25.0. The van der Waals surface area contributed by atoms with Crippen LogP contribution in [0.25, 0.3) is 0 Å². The highest BCUT2D eigenvalue weighted by Gasteiger charge is 2.51. The first-order valence-electron chi connectivity index (χ1n) is 8.48. The van der Waals surface area contributed by atoms with Crippen molar-refractivity contribution in [1.29, 1.82) is 0 Å². The van der Waals surface area contributed by atoms with E-state index in [2.05, 4.69) is 61.7 Å². The quantitative estimate of drug-likeness (QED) is 0.782. The van der Waals surface area contributed by atoms with Crippen LogP contribution in [-0.4, -0.2) is 66.3 Å². The van der Waals surface area contributed by atoms with Gasteiger partial charge in [-0.3, -0.25) is 9.88 Å². The van der Waals surface area contributed by atoms with E-state index in [1.807, 2.05) is 6.20 Å². The smallest absolute Gasteiger partial charge is 0.399 e. The van der Waals surface area contributed by atoms with Gasteiger partial charge in [-0.05, 0) is 40.8 Å². The van der Waals surface area contributed by atoms with Gasteiger partial charge >= 0.3 is 7.12 Å². The molecule has 2 saturated heterocycles. The van der Waals surface area contributed by atoms with E-state index < -0.39 is 0 Å². The molecule has 6 heteroatoms. The Kier molecular flexibility index (Phi) is 4.53. The lowest BCUT2D eigenvalue weighted by atomic mass is 9.80. The van der Waals surface area contributed by atoms with Gasteiger partial charge in [0.15, 0.2) is 0 Å². The maximum absolute atomic E-state index is 6.07. The van der Waals surface area contributed by atoms with Crippen LogP contribution in [0.3, 0.4) is 0 Å². The summed E-state index contributed by atoms with van der Waals surface area (Å²) in [5, 5.41) is 0. The molecule has 23 heavy (non-hydrogen) atoms. The van der Waals surface area contributed by atoms with Gasteiger partial charge in [0.1, 0.15) is 0 Å². The molecule has 0 amide bonds. The van der Waals surface area contributed by atoms with Crippen molar-refractivity contribution in [3.63, 3.8) is 0 Å². The highest BCUT2D eigenvalue weighted by Crippen LogP contribution is 2.36. The SMILES string of the molecule is CN1CCN(Cc2ccc(B3OC(C)(C)C(C)(C)O3)cn2)CC1. The zero-order valence-electron chi connectivity index (χ0n) is 15.0. The Bertz CT molecular complexity index is 523. The van der Waals surface area contributed by atoms with Gasteiger partial charge in [-0.1, -0.05) is 6.07 Å². The standard InChI is InChI=1S/C17H28BN3O2/c1-16(2)17(3,4)23-18(22-16)14-6-7-15(19-12-14)13-21-10-8-20(5)9-11-21/h6-7,12H,8-11,13H2,1-5H3. The molecule has 2 fully saturated rings. The highest BCUT2D eigenvalue weighted by molar-refractivity contribution is 6.62. The summed E-state index contributed by atoms with van der Waals surface area (Å²) >= 11 is 0. The Morgan fingerprint density at radius 1 is 1.04 bits per heavy atom. The molecule has 126 valence electrons.